The Morgan fingerprint density at radius 1 is 0.964 bits per heavy atom. The SMILES string of the molecule is NS(=O)(=O)c1ccc(C(=O)N2CCN(C(=O)c3ccc([N+](=O)[O-])o3)CC2)cc1. The topological polar surface area (TPSA) is 157 Å². The zero-order valence-electron chi connectivity index (χ0n) is 14.5. The van der Waals surface area contributed by atoms with E-state index in [0.717, 1.165) is 6.07 Å². The van der Waals surface area contributed by atoms with Crippen LogP contribution in [0.3, 0.4) is 0 Å². The average Bonchev–Trinajstić information content (AvgIpc) is 3.17. The van der Waals surface area contributed by atoms with Crippen molar-refractivity contribution in [2.75, 3.05) is 26.2 Å². The van der Waals surface area contributed by atoms with Gasteiger partial charge in [0.2, 0.25) is 10.0 Å². The summed E-state index contributed by atoms with van der Waals surface area (Å²) in [5, 5.41) is 15.7. The number of amides is 2. The lowest BCUT2D eigenvalue weighted by Gasteiger charge is -2.34. The largest absolute Gasteiger partial charge is 0.433 e. The molecular formula is C16H16N4O7S. The lowest BCUT2D eigenvalue weighted by atomic mass is 10.2. The predicted octanol–water partition coefficient (Wildman–Crippen LogP) is 0.433. The molecule has 1 saturated heterocycles. The third-order valence-corrected chi connectivity index (χ3v) is 5.20. The van der Waals surface area contributed by atoms with Gasteiger partial charge >= 0.3 is 5.88 Å². The van der Waals surface area contributed by atoms with Crippen LogP contribution in [0.15, 0.2) is 45.7 Å². The van der Waals surface area contributed by atoms with Crippen molar-refractivity contribution in [3.05, 3.63) is 57.8 Å². The number of benzene rings is 1. The van der Waals surface area contributed by atoms with Crippen LogP contribution in [0.1, 0.15) is 20.9 Å². The molecule has 0 saturated carbocycles. The van der Waals surface area contributed by atoms with Crippen LogP contribution in [0.5, 0.6) is 0 Å². The number of furan rings is 1. The maximum atomic E-state index is 12.5. The smallest absolute Gasteiger partial charge is 0.395 e. The summed E-state index contributed by atoms with van der Waals surface area (Å²) in [6.45, 7) is 0.970. The molecule has 0 unspecified atom stereocenters. The number of hydrogen-bond donors (Lipinski definition) is 1. The van der Waals surface area contributed by atoms with Crippen LogP contribution in [0.4, 0.5) is 5.88 Å². The van der Waals surface area contributed by atoms with Crippen molar-refractivity contribution < 1.29 is 27.3 Å². The van der Waals surface area contributed by atoms with Crippen LogP contribution in [-0.4, -0.2) is 61.1 Å². The van der Waals surface area contributed by atoms with E-state index in [4.69, 9.17) is 9.56 Å². The molecule has 1 aromatic carbocycles. The van der Waals surface area contributed by atoms with Crippen LogP contribution < -0.4 is 5.14 Å². The summed E-state index contributed by atoms with van der Waals surface area (Å²) in [4.78, 5) is 37.7. The molecule has 2 amide bonds. The number of carbonyl (C=O) groups excluding carboxylic acids is 2. The molecule has 1 aliphatic rings. The number of sulfonamides is 1. The molecule has 0 aliphatic carbocycles. The predicted molar refractivity (Wildman–Crippen MR) is 95.0 cm³/mol. The minimum absolute atomic E-state index is 0.0907. The summed E-state index contributed by atoms with van der Waals surface area (Å²) < 4.78 is 27.5. The Kier molecular flexibility index (Phi) is 5.16. The highest BCUT2D eigenvalue weighted by molar-refractivity contribution is 7.89. The van der Waals surface area contributed by atoms with Crippen molar-refractivity contribution in [1.82, 2.24) is 9.80 Å². The average molecular weight is 408 g/mol. The molecule has 1 fully saturated rings. The van der Waals surface area contributed by atoms with E-state index >= 15 is 0 Å². The molecular weight excluding hydrogens is 392 g/mol. The summed E-state index contributed by atoms with van der Waals surface area (Å²) in [7, 11) is -3.84. The Morgan fingerprint density at radius 3 is 1.96 bits per heavy atom. The van der Waals surface area contributed by atoms with Crippen LogP contribution in [0, 0.1) is 10.1 Å². The number of nitrogens with zero attached hydrogens (tertiary/aromatic N) is 3. The first-order chi connectivity index (χ1) is 13.2. The van der Waals surface area contributed by atoms with Crippen LogP contribution in [-0.2, 0) is 10.0 Å². The molecule has 148 valence electrons. The quantitative estimate of drug-likeness (QED) is 0.568. The monoisotopic (exact) mass is 408 g/mol. The highest BCUT2D eigenvalue weighted by Crippen LogP contribution is 2.19. The second-order valence-corrected chi connectivity index (χ2v) is 7.61. The molecule has 12 heteroatoms. The summed E-state index contributed by atoms with van der Waals surface area (Å²) in [5.41, 5.74) is 0.300. The Balaban J connectivity index is 1.62. The summed E-state index contributed by atoms with van der Waals surface area (Å²) in [5.74, 6) is -1.44. The van der Waals surface area contributed by atoms with E-state index in [1.165, 1.54) is 40.1 Å². The molecule has 2 heterocycles. The lowest BCUT2D eigenvalue weighted by molar-refractivity contribution is -0.402. The highest BCUT2D eigenvalue weighted by atomic mass is 32.2. The van der Waals surface area contributed by atoms with Gasteiger partial charge in [-0.3, -0.25) is 19.7 Å². The van der Waals surface area contributed by atoms with Crippen molar-refractivity contribution in [3.8, 4) is 0 Å². The first kappa shape index (κ1) is 19.5. The molecule has 11 nitrogen and oxygen atoms in total. The van der Waals surface area contributed by atoms with Crippen LogP contribution >= 0.6 is 0 Å². The van der Waals surface area contributed by atoms with Gasteiger partial charge in [-0.25, -0.2) is 13.6 Å². The van der Waals surface area contributed by atoms with Gasteiger partial charge in [0.1, 0.15) is 4.92 Å². The van der Waals surface area contributed by atoms with Gasteiger partial charge in [0.15, 0.2) is 5.76 Å². The summed E-state index contributed by atoms with van der Waals surface area (Å²) in [6.07, 6.45) is 0. The van der Waals surface area contributed by atoms with E-state index < -0.39 is 26.7 Å². The van der Waals surface area contributed by atoms with Crippen molar-refractivity contribution in [2.45, 2.75) is 4.90 Å². The van der Waals surface area contributed by atoms with E-state index in [0.29, 0.717) is 5.56 Å². The number of piperazine rings is 1. The first-order valence-corrected chi connectivity index (χ1v) is 9.67. The third kappa shape index (κ3) is 4.02. The molecule has 0 spiro atoms. The Hall–Kier alpha value is -3.25. The number of primary sulfonamides is 1. The molecule has 2 N–H and O–H groups in total. The van der Waals surface area contributed by atoms with Gasteiger partial charge in [-0.15, -0.1) is 0 Å². The normalized spacial score (nSPS) is 14.8. The Bertz CT molecular complexity index is 1020. The van der Waals surface area contributed by atoms with E-state index in [-0.39, 0.29) is 42.7 Å². The van der Waals surface area contributed by atoms with E-state index in [2.05, 4.69) is 0 Å². The molecule has 1 aliphatic heterocycles. The fraction of sp³-hybridized carbons (Fsp3) is 0.250. The Morgan fingerprint density at radius 2 is 1.50 bits per heavy atom. The van der Waals surface area contributed by atoms with Gasteiger partial charge in [-0.05, 0) is 30.3 Å². The minimum atomic E-state index is -3.84. The Labute approximate surface area is 159 Å². The molecule has 0 bridgehead atoms. The van der Waals surface area contributed by atoms with Gasteiger partial charge in [-0.1, -0.05) is 0 Å². The van der Waals surface area contributed by atoms with Crippen LogP contribution in [0.2, 0.25) is 0 Å². The number of carbonyl (C=O) groups is 2. The van der Waals surface area contributed by atoms with Crippen molar-refractivity contribution in [3.63, 3.8) is 0 Å². The van der Waals surface area contributed by atoms with Crippen molar-refractivity contribution in [1.29, 1.82) is 0 Å². The molecule has 28 heavy (non-hydrogen) atoms. The lowest BCUT2D eigenvalue weighted by Crippen LogP contribution is -2.50. The van der Waals surface area contributed by atoms with Gasteiger partial charge in [0, 0.05) is 31.7 Å². The first-order valence-electron chi connectivity index (χ1n) is 8.12. The maximum Gasteiger partial charge on any atom is 0.433 e. The molecule has 0 radical (unpaired) electrons. The molecule has 0 atom stereocenters. The van der Waals surface area contributed by atoms with Crippen molar-refractivity contribution >= 4 is 27.7 Å². The van der Waals surface area contributed by atoms with Gasteiger partial charge in [-0.2, -0.15) is 0 Å². The standard InChI is InChI=1S/C16H16N4O7S/c17-28(25,26)12-3-1-11(2-4-12)15(21)18-7-9-19(10-8-18)16(22)13-5-6-14(27-13)20(23)24/h1-6H,7-10H2,(H2,17,25,26). The highest BCUT2D eigenvalue weighted by Gasteiger charge is 2.28. The summed E-state index contributed by atoms with van der Waals surface area (Å²) >= 11 is 0. The zero-order valence-corrected chi connectivity index (χ0v) is 15.3. The second-order valence-electron chi connectivity index (χ2n) is 6.05. The zero-order chi connectivity index (χ0) is 20.5. The minimum Gasteiger partial charge on any atom is -0.395 e. The molecule has 1 aromatic heterocycles. The fourth-order valence-corrected chi connectivity index (χ4v) is 3.29. The van der Waals surface area contributed by atoms with Crippen LogP contribution in [0.25, 0.3) is 0 Å². The molecule has 2 aromatic rings. The third-order valence-electron chi connectivity index (χ3n) is 4.27. The van der Waals surface area contributed by atoms with Gasteiger partial charge in [0.05, 0.1) is 11.0 Å². The van der Waals surface area contributed by atoms with E-state index in [9.17, 15) is 28.1 Å². The number of rotatable bonds is 4. The van der Waals surface area contributed by atoms with E-state index in [1.807, 2.05) is 0 Å². The number of nitrogens with two attached hydrogens (primary N) is 1. The van der Waals surface area contributed by atoms with Gasteiger partial charge in [0.25, 0.3) is 11.8 Å². The number of nitro groups is 1. The summed E-state index contributed by atoms with van der Waals surface area (Å²) in [6, 6.07) is 7.62. The van der Waals surface area contributed by atoms with Gasteiger partial charge < -0.3 is 14.2 Å². The van der Waals surface area contributed by atoms with E-state index in [1.54, 1.807) is 0 Å². The second kappa shape index (κ2) is 7.40. The molecule has 3 rings (SSSR count). The fourth-order valence-electron chi connectivity index (χ4n) is 2.78. The van der Waals surface area contributed by atoms with Crippen molar-refractivity contribution in [2.24, 2.45) is 5.14 Å². The maximum absolute atomic E-state index is 12.5. The number of hydrogen-bond acceptors (Lipinski definition) is 7.